The molecule has 0 amide bonds. The highest BCUT2D eigenvalue weighted by Crippen LogP contribution is 2.33. The molecule has 1 heterocycles. The summed E-state index contributed by atoms with van der Waals surface area (Å²) < 4.78 is 0. The lowest BCUT2D eigenvalue weighted by molar-refractivity contribution is 0.502. The number of rotatable bonds is 5. The van der Waals surface area contributed by atoms with Gasteiger partial charge in [0.05, 0.1) is 11.3 Å². The van der Waals surface area contributed by atoms with Gasteiger partial charge in [-0.3, -0.25) is 0 Å². The monoisotopic (exact) mass is 351 g/mol. The number of benzene rings is 1. The number of hydrogen-bond donors (Lipinski definition) is 0. The van der Waals surface area contributed by atoms with Gasteiger partial charge in [-0.2, -0.15) is 5.26 Å². The third-order valence-corrected chi connectivity index (χ3v) is 6.02. The molecule has 1 unspecified atom stereocenters. The van der Waals surface area contributed by atoms with Gasteiger partial charge >= 0.3 is 0 Å². The number of allylic oxidation sites excluding steroid dienone is 1. The summed E-state index contributed by atoms with van der Waals surface area (Å²) in [5, 5.41) is 10.5. The number of aryl methyl sites for hydroxylation is 1. The van der Waals surface area contributed by atoms with Gasteiger partial charge in [-0.15, -0.1) is 11.3 Å². The van der Waals surface area contributed by atoms with Crippen molar-refractivity contribution >= 4 is 28.7 Å². The fraction of sp³-hybridized carbons (Fsp3) is 0.429. The summed E-state index contributed by atoms with van der Waals surface area (Å²) in [4.78, 5) is 8.43. The highest BCUT2D eigenvalue weighted by molar-refractivity contribution is 7.13. The molecular weight excluding hydrogens is 326 g/mol. The smallest absolute Gasteiger partial charge is 0.134 e. The van der Waals surface area contributed by atoms with Crippen LogP contribution in [0.1, 0.15) is 48.3 Å². The van der Waals surface area contributed by atoms with E-state index in [0.717, 1.165) is 42.4 Å². The van der Waals surface area contributed by atoms with Crippen molar-refractivity contribution < 1.29 is 0 Å². The number of aromatic nitrogens is 1. The lowest BCUT2D eigenvalue weighted by Gasteiger charge is -2.20. The van der Waals surface area contributed by atoms with Gasteiger partial charge in [0.15, 0.2) is 0 Å². The minimum Gasteiger partial charge on any atom is -0.372 e. The molecule has 0 spiro atoms. The van der Waals surface area contributed by atoms with E-state index in [1.807, 2.05) is 6.08 Å². The Morgan fingerprint density at radius 1 is 1.32 bits per heavy atom. The molecule has 0 aliphatic heterocycles. The maximum Gasteiger partial charge on any atom is 0.134 e. The van der Waals surface area contributed by atoms with Crippen LogP contribution in [0, 0.1) is 17.2 Å². The second-order valence-electron chi connectivity index (χ2n) is 6.67. The SMILES string of the molecule is CCN(CC)c1ccc(C=C(C#N)c2nc3c(s2)CC(C)CC3)cc1. The molecule has 130 valence electrons. The van der Waals surface area contributed by atoms with Crippen molar-refractivity contribution in [3.63, 3.8) is 0 Å². The van der Waals surface area contributed by atoms with Crippen LogP contribution in [0.25, 0.3) is 11.6 Å². The van der Waals surface area contributed by atoms with Gasteiger partial charge in [0.2, 0.25) is 0 Å². The standard InChI is InChI=1S/C21H25N3S/c1-4-24(5-2)18-9-7-16(8-10-18)13-17(14-22)21-23-19-11-6-15(3)12-20(19)25-21/h7-10,13,15H,4-6,11-12H2,1-3H3. The van der Waals surface area contributed by atoms with Crippen LogP contribution in [0.5, 0.6) is 0 Å². The van der Waals surface area contributed by atoms with Crippen molar-refractivity contribution in [1.29, 1.82) is 5.26 Å². The topological polar surface area (TPSA) is 39.9 Å². The summed E-state index contributed by atoms with van der Waals surface area (Å²) in [5.74, 6) is 0.725. The highest BCUT2D eigenvalue weighted by atomic mass is 32.1. The molecule has 25 heavy (non-hydrogen) atoms. The van der Waals surface area contributed by atoms with Crippen molar-refractivity contribution in [1.82, 2.24) is 4.98 Å². The Morgan fingerprint density at radius 2 is 2.04 bits per heavy atom. The molecule has 1 aromatic carbocycles. The van der Waals surface area contributed by atoms with Gasteiger partial charge in [-0.1, -0.05) is 19.1 Å². The van der Waals surface area contributed by atoms with E-state index in [1.54, 1.807) is 11.3 Å². The Labute approximate surface area is 154 Å². The molecule has 3 rings (SSSR count). The molecule has 0 N–H and O–H groups in total. The van der Waals surface area contributed by atoms with Crippen molar-refractivity contribution in [2.45, 2.75) is 40.0 Å². The summed E-state index contributed by atoms with van der Waals surface area (Å²) in [6.45, 7) is 8.61. The summed E-state index contributed by atoms with van der Waals surface area (Å²) in [7, 11) is 0. The van der Waals surface area contributed by atoms with Crippen molar-refractivity contribution in [2.75, 3.05) is 18.0 Å². The molecule has 1 aliphatic carbocycles. The number of hydrogen-bond acceptors (Lipinski definition) is 4. The first-order chi connectivity index (χ1) is 12.1. The van der Waals surface area contributed by atoms with E-state index in [9.17, 15) is 5.26 Å². The zero-order valence-electron chi connectivity index (χ0n) is 15.2. The Balaban J connectivity index is 1.85. The van der Waals surface area contributed by atoms with Gasteiger partial charge in [0.1, 0.15) is 11.1 Å². The fourth-order valence-corrected chi connectivity index (χ4v) is 4.57. The molecule has 1 aliphatic rings. The summed E-state index contributed by atoms with van der Waals surface area (Å²) in [6, 6.07) is 10.8. The van der Waals surface area contributed by atoms with Crippen LogP contribution in [0.2, 0.25) is 0 Å². The van der Waals surface area contributed by atoms with Crippen LogP contribution in [0.15, 0.2) is 24.3 Å². The largest absolute Gasteiger partial charge is 0.372 e. The average Bonchev–Trinajstić information content (AvgIpc) is 3.04. The Hall–Kier alpha value is -2.12. The predicted octanol–water partition coefficient (Wildman–Crippen LogP) is 5.18. The number of nitrogens with zero attached hydrogens (tertiary/aromatic N) is 3. The summed E-state index contributed by atoms with van der Waals surface area (Å²) >= 11 is 1.70. The predicted molar refractivity (Wildman–Crippen MR) is 107 cm³/mol. The number of nitriles is 1. The molecule has 0 saturated carbocycles. The van der Waals surface area contributed by atoms with Crippen LogP contribution in [0.4, 0.5) is 5.69 Å². The van der Waals surface area contributed by atoms with Gasteiger partial charge in [-0.05, 0) is 62.8 Å². The lowest BCUT2D eigenvalue weighted by atomic mass is 9.93. The quantitative estimate of drug-likeness (QED) is 0.697. The molecular formula is C21H25N3S. The van der Waals surface area contributed by atoms with Crippen LogP contribution in [-0.4, -0.2) is 18.1 Å². The third kappa shape index (κ3) is 3.93. The number of fused-ring (bicyclic) bond motifs is 1. The van der Waals surface area contributed by atoms with E-state index in [0.29, 0.717) is 5.57 Å². The molecule has 3 nitrogen and oxygen atoms in total. The Kier molecular flexibility index (Phi) is 5.55. The van der Waals surface area contributed by atoms with Gasteiger partial charge in [0, 0.05) is 23.7 Å². The van der Waals surface area contributed by atoms with Crippen LogP contribution in [0.3, 0.4) is 0 Å². The minimum atomic E-state index is 0.669. The molecule has 2 aromatic rings. The van der Waals surface area contributed by atoms with E-state index in [4.69, 9.17) is 4.98 Å². The van der Waals surface area contributed by atoms with Crippen LogP contribution in [-0.2, 0) is 12.8 Å². The zero-order chi connectivity index (χ0) is 17.8. The summed E-state index contributed by atoms with van der Waals surface area (Å²) in [5.41, 5.74) is 4.15. The zero-order valence-corrected chi connectivity index (χ0v) is 16.1. The second kappa shape index (κ2) is 7.84. The molecule has 0 saturated heterocycles. The maximum atomic E-state index is 9.61. The first kappa shape index (κ1) is 17.7. The lowest BCUT2D eigenvalue weighted by Crippen LogP contribution is -2.21. The van der Waals surface area contributed by atoms with E-state index < -0.39 is 0 Å². The number of anilines is 1. The molecule has 0 bridgehead atoms. The van der Waals surface area contributed by atoms with Gasteiger partial charge in [0.25, 0.3) is 0 Å². The van der Waals surface area contributed by atoms with Crippen molar-refractivity contribution in [3.8, 4) is 6.07 Å². The van der Waals surface area contributed by atoms with Crippen molar-refractivity contribution in [2.24, 2.45) is 5.92 Å². The second-order valence-corrected chi connectivity index (χ2v) is 7.75. The van der Waals surface area contributed by atoms with Crippen LogP contribution >= 0.6 is 11.3 Å². The van der Waals surface area contributed by atoms with E-state index in [-0.39, 0.29) is 0 Å². The Morgan fingerprint density at radius 3 is 2.68 bits per heavy atom. The number of thiazole rings is 1. The molecule has 0 fully saturated rings. The average molecular weight is 352 g/mol. The van der Waals surface area contributed by atoms with Gasteiger partial charge in [-0.25, -0.2) is 4.98 Å². The molecule has 1 atom stereocenters. The van der Waals surface area contributed by atoms with E-state index >= 15 is 0 Å². The molecule has 1 aromatic heterocycles. The maximum absolute atomic E-state index is 9.61. The first-order valence-electron chi connectivity index (χ1n) is 9.10. The minimum absolute atomic E-state index is 0.669. The normalized spacial score (nSPS) is 17.0. The Bertz CT molecular complexity index is 792. The molecule has 4 heteroatoms. The third-order valence-electron chi connectivity index (χ3n) is 4.87. The molecule has 0 radical (unpaired) electrons. The van der Waals surface area contributed by atoms with E-state index in [2.05, 4.69) is 56.0 Å². The van der Waals surface area contributed by atoms with Gasteiger partial charge < -0.3 is 4.90 Å². The van der Waals surface area contributed by atoms with E-state index in [1.165, 1.54) is 22.7 Å². The summed E-state index contributed by atoms with van der Waals surface area (Å²) in [6.07, 6.45) is 5.31. The van der Waals surface area contributed by atoms with Crippen molar-refractivity contribution in [3.05, 3.63) is 45.4 Å². The highest BCUT2D eigenvalue weighted by Gasteiger charge is 2.21. The fourth-order valence-electron chi connectivity index (χ4n) is 3.33. The first-order valence-corrected chi connectivity index (χ1v) is 9.92. The van der Waals surface area contributed by atoms with Crippen LogP contribution < -0.4 is 4.90 Å².